The monoisotopic (exact) mass is 378 g/mol. The maximum atomic E-state index is 9.33. The van der Waals surface area contributed by atoms with Crippen LogP contribution in [-0.4, -0.2) is 16.6 Å². The van der Waals surface area contributed by atoms with Gasteiger partial charge in [0.15, 0.2) is 0 Å². The van der Waals surface area contributed by atoms with Gasteiger partial charge in [0, 0.05) is 5.38 Å². The molecule has 1 unspecified atom stereocenters. The minimum Gasteiger partial charge on any atom is -0.389 e. The fraction of sp³-hybridized carbons (Fsp3) is 0.556. The highest BCUT2D eigenvalue weighted by atomic mass is 127. The van der Waals surface area contributed by atoms with Gasteiger partial charge in [-0.2, -0.15) is 0 Å². The Hall–Kier alpha value is 0.940. The molecule has 0 heterocycles. The van der Waals surface area contributed by atoms with Crippen LogP contribution in [0.4, 0.5) is 0 Å². The standard InChI is InChI=1S/C9H13BrClIO/c1-7(12)6-8(11)2-3-9(13)4-5-10/h4-5,8-9,13H,1-3,6H2/b5-4+/t8-,9?/m1/s1. The van der Waals surface area contributed by atoms with Crippen molar-refractivity contribution < 1.29 is 5.11 Å². The highest BCUT2D eigenvalue weighted by molar-refractivity contribution is 14.1. The van der Waals surface area contributed by atoms with Crippen LogP contribution in [0.3, 0.4) is 0 Å². The van der Waals surface area contributed by atoms with E-state index in [1.165, 1.54) is 0 Å². The van der Waals surface area contributed by atoms with Crippen molar-refractivity contribution >= 4 is 50.1 Å². The number of aliphatic hydroxyl groups excluding tert-OH is 1. The molecule has 0 saturated carbocycles. The largest absolute Gasteiger partial charge is 0.389 e. The summed E-state index contributed by atoms with van der Waals surface area (Å²) in [5.74, 6) is 0. The first kappa shape index (κ1) is 13.9. The van der Waals surface area contributed by atoms with Gasteiger partial charge in [0.2, 0.25) is 0 Å². The van der Waals surface area contributed by atoms with E-state index in [1.54, 1.807) is 11.1 Å². The van der Waals surface area contributed by atoms with Crippen LogP contribution in [-0.2, 0) is 0 Å². The van der Waals surface area contributed by atoms with E-state index in [9.17, 15) is 5.11 Å². The van der Waals surface area contributed by atoms with Crippen LogP contribution in [0.15, 0.2) is 21.2 Å². The summed E-state index contributed by atoms with van der Waals surface area (Å²) in [6, 6.07) is 0. The minimum atomic E-state index is -0.400. The van der Waals surface area contributed by atoms with Gasteiger partial charge in [0.05, 0.1) is 6.10 Å². The van der Waals surface area contributed by atoms with Crippen molar-refractivity contribution in [1.82, 2.24) is 0 Å². The molecule has 0 fully saturated rings. The second kappa shape index (κ2) is 8.26. The summed E-state index contributed by atoms with van der Waals surface area (Å²) in [4.78, 5) is 1.66. The average molecular weight is 379 g/mol. The number of rotatable bonds is 6. The summed E-state index contributed by atoms with van der Waals surface area (Å²) in [6.45, 7) is 3.78. The van der Waals surface area contributed by atoms with Crippen LogP contribution >= 0.6 is 50.1 Å². The molecule has 0 aromatic heterocycles. The van der Waals surface area contributed by atoms with E-state index in [0.29, 0.717) is 6.42 Å². The lowest BCUT2D eigenvalue weighted by molar-refractivity contribution is 0.209. The van der Waals surface area contributed by atoms with Gasteiger partial charge >= 0.3 is 0 Å². The van der Waals surface area contributed by atoms with Gasteiger partial charge in [-0.15, -0.1) is 11.6 Å². The second-order valence-electron chi connectivity index (χ2n) is 2.78. The van der Waals surface area contributed by atoms with E-state index in [-0.39, 0.29) is 5.38 Å². The van der Waals surface area contributed by atoms with E-state index < -0.39 is 6.10 Å². The molecule has 0 saturated heterocycles. The van der Waals surface area contributed by atoms with Crippen molar-refractivity contribution in [3.63, 3.8) is 0 Å². The van der Waals surface area contributed by atoms with Gasteiger partial charge in [0.1, 0.15) is 0 Å². The van der Waals surface area contributed by atoms with E-state index in [0.717, 1.165) is 16.4 Å². The lowest BCUT2D eigenvalue weighted by Gasteiger charge is -2.09. The van der Waals surface area contributed by atoms with E-state index in [1.807, 2.05) is 0 Å². The van der Waals surface area contributed by atoms with Gasteiger partial charge in [-0.05, 0) is 56.5 Å². The number of halogens is 3. The molecule has 0 rings (SSSR count). The molecule has 0 spiro atoms. The summed E-state index contributed by atoms with van der Waals surface area (Å²) in [5, 5.41) is 9.42. The molecule has 4 heteroatoms. The molecule has 1 N–H and O–H groups in total. The van der Waals surface area contributed by atoms with Crippen molar-refractivity contribution in [2.75, 3.05) is 0 Å². The topological polar surface area (TPSA) is 20.2 Å². The van der Waals surface area contributed by atoms with Crippen LogP contribution in [0.2, 0.25) is 0 Å². The molecule has 2 atom stereocenters. The third-order valence-corrected chi connectivity index (χ3v) is 2.63. The summed E-state index contributed by atoms with van der Waals surface area (Å²) in [7, 11) is 0. The lowest BCUT2D eigenvalue weighted by Crippen LogP contribution is -2.06. The Morgan fingerprint density at radius 1 is 1.62 bits per heavy atom. The van der Waals surface area contributed by atoms with Crippen molar-refractivity contribution in [1.29, 1.82) is 0 Å². The predicted molar refractivity (Wildman–Crippen MR) is 70.7 cm³/mol. The van der Waals surface area contributed by atoms with Crippen LogP contribution in [0.1, 0.15) is 19.3 Å². The van der Waals surface area contributed by atoms with Gasteiger partial charge < -0.3 is 5.11 Å². The van der Waals surface area contributed by atoms with Gasteiger partial charge in [-0.1, -0.05) is 22.5 Å². The fourth-order valence-electron chi connectivity index (χ4n) is 0.874. The zero-order valence-electron chi connectivity index (χ0n) is 7.22. The number of alkyl halides is 1. The zero-order valence-corrected chi connectivity index (χ0v) is 11.7. The maximum absolute atomic E-state index is 9.33. The number of hydrogen-bond acceptors (Lipinski definition) is 1. The van der Waals surface area contributed by atoms with Crippen LogP contribution < -0.4 is 0 Å². The maximum Gasteiger partial charge on any atom is 0.0729 e. The number of aliphatic hydroxyl groups is 1. The smallest absolute Gasteiger partial charge is 0.0729 e. The summed E-state index contributed by atoms with van der Waals surface area (Å²) in [6.07, 6.45) is 3.61. The Morgan fingerprint density at radius 2 is 2.23 bits per heavy atom. The Labute approximate surface area is 107 Å². The summed E-state index contributed by atoms with van der Waals surface area (Å²) >= 11 is 11.3. The van der Waals surface area contributed by atoms with E-state index in [4.69, 9.17) is 11.6 Å². The number of allylic oxidation sites excluding steroid dienone is 1. The van der Waals surface area contributed by atoms with Crippen molar-refractivity contribution in [2.24, 2.45) is 0 Å². The highest BCUT2D eigenvalue weighted by Gasteiger charge is 2.07. The quantitative estimate of drug-likeness (QED) is 0.547. The number of hydrogen-bond donors (Lipinski definition) is 1. The first-order valence-corrected chi connectivity index (χ1v) is 6.41. The molecule has 0 aliphatic rings. The Kier molecular flexibility index (Phi) is 8.86. The highest BCUT2D eigenvalue weighted by Crippen LogP contribution is 2.19. The van der Waals surface area contributed by atoms with Crippen LogP contribution in [0.25, 0.3) is 0 Å². The molecule has 0 radical (unpaired) electrons. The van der Waals surface area contributed by atoms with Gasteiger partial charge in [-0.25, -0.2) is 0 Å². The molecule has 1 nitrogen and oxygen atoms in total. The first-order chi connectivity index (χ1) is 6.06. The van der Waals surface area contributed by atoms with Crippen LogP contribution in [0.5, 0.6) is 0 Å². The minimum absolute atomic E-state index is 0.0859. The summed E-state index contributed by atoms with van der Waals surface area (Å²) < 4.78 is 1.06. The third-order valence-electron chi connectivity index (χ3n) is 1.51. The molecule has 0 bridgehead atoms. The van der Waals surface area contributed by atoms with Gasteiger partial charge in [0.25, 0.3) is 0 Å². The average Bonchev–Trinajstić information content (AvgIpc) is 2.00. The van der Waals surface area contributed by atoms with E-state index in [2.05, 4.69) is 45.1 Å². The summed E-state index contributed by atoms with van der Waals surface area (Å²) in [5.41, 5.74) is 0. The van der Waals surface area contributed by atoms with Crippen molar-refractivity contribution in [3.05, 3.63) is 21.2 Å². The van der Waals surface area contributed by atoms with Crippen LogP contribution in [0, 0.1) is 0 Å². The normalized spacial score (nSPS) is 16.0. The third kappa shape index (κ3) is 9.25. The molecule has 76 valence electrons. The lowest BCUT2D eigenvalue weighted by atomic mass is 10.1. The molecular formula is C9H13BrClIO. The second-order valence-corrected chi connectivity index (χ2v) is 5.45. The van der Waals surface area contributed by atoms with Gasteiger partial charge in [-0.3, -0.25) is 0 Å². The predicted octanol–water partition coefficient (Wildman–Crippen LogP) is 3.98. The Balaban J connectivity index is 3.57. The van der Waals surface area contributed by atoms with Crippen molar-refractivity contribution in [3.8, 4) is 0 Å². The Bertz CT molecular complexity index is 184. The molecule has 0 aromatic rings. The fourth-order valence-corrected chi connectivity index (χ4v) is 2.33. The van der Waals surface area contributed by atoms with Crippen molar-refractivity contribution in [2.45, 2.75) is 30.7 Å². The molecule has 0 amide bonds. The SMILES string of the molecule is C=C(I)C[C@H](Cl)CCC(O)/C=C/Br. The zero-order chi connectivity index (χ0) is 10.3. The molecule has 13 heavy (non-hydrogen) atoms. The molecule has 0 aromatic carbocycles. The Morgan fingerprint density at radius 3 is 2.69 bits per heavy atom. The van der Waals surface area contributed by atoms with E-state index >= 15 is 0 Å². The molecule has 0 aliphatic carbocycles. The first-order valence-electron chi connectivity index (χ1n) is 3.98. The molecule has 0 aliphatic heterocycles. The molecular weight excluding hydrogens is 366 g/mol.